The maximum atomic E-state index is 8.90. The fourth-order valence-electron chi connectivity index (χ4n) is 2.19. The van der Waals surface area contributed by atoms with Gasteiger partial charge in [0.15, 0.2) is 0 Å². The molecule has 2 aromatic rings. The molecule has 1 saturated carbocycles. The highest BCUT2D eigenvalue weighted by Gasteiger charge is 2.29. The van der Waals surface area contributed by atoms with Gasteiger partial charge in [0.2, 0.25) is 0 Å². The number of thiazole rings is 1. The molecule has 0 saturated heterocycles. The second kappa shape index (κ2) is 6.15. The standard InChI is InChI=1S/C16H16N2O2S/c1-19-12-3-2-4-13(9-12)20-10-15-18-16(11-5-6-11)14(21-15)7-8-17/h2-4,9,11H,5-7,10H2,1H3. The van der Waals surface area contributed by atoms with E-state index in [-0.39, 0.29) is 0 Å². The monoisotopic (exact) mass is 300 g/mol. The van der Waals surface area contributed by atoms with Crippen LogP contribution >= 0.6 is 11.3 Å². The quantitative estimate of drug-likeness (QED) is 0.816. The second-order valence-electron chi connectivity index (χ2n) is 4.99. The topological polar surface area (TPSA) is 55.1 Å². The number of rotatable bonds is 6. The number of aromatic nitrogens is 1. The summed E-state index contributed by atoms with van der Waals surface area (Å²) in [7, 11) is 1.63. The first-order valence-electron chi connectivity index (χ1n) is 6.92. The highest BCUT2D eigenvalue weighted by atomic mass is 32.1. The summed E-state index contributed by atoms with van der Waals surface area (Å²) in [5, 5.41) is 9.84. The number of ether oxygens (including phenoxy) is 2. The van der Waals surface area contributed by atoms with Crippen LogP contribution in [0.15, 0.2) is 24.3 Å². The molecule has 21 heavy (non-hydrogen) atoms. The summed E-state index contributed by atoms with van der Waals surface area (Å²) >= 11 is 1.59. The minimum atomic E-state index is 0.434. The van der Waals surface area contributed by atoms with Crippen molar-refractivity contribution in [3.05, 3.63) is 39.8 Å². The Morgan fingerprint density at radius 1 is 1.38 bits per heavy atom. The SMILES string of the molecule is COc1cccc(OCc2nc(C3CC3)c(CC#N)s2)c1. The van der Waals surface area contributed by atoms with Gasteiger partial charge in [-0.05, 0) is 25.0 Å². The Hall–Kier alpha value is -2.06. The molecule has 0 atom stereocenters. The van der Waals surface area contributed by atoms with E-state index in [1.165, 1.54) is 12.8 Å². The molecule has 0 aliphatic heterocycles. The van der Waals surface area contributed by atoms with Crippen LogP contribution in [-0.4, -0.2) is 12.1 Å². The van der Waals surface area contributed by atoms with E-state index in [2.05, 4.69) is 11.1 Å². The normalized spacial score (nSPS) is 13.7. The third kappa shape index (κ3) is 3.34. The van der Waals surface area contributed by atoms with Gasteiger partial charge in [0.1, 0.15) is 23.1 Å². The van der Waals surface area contributed by atoms with Gasteiger partial charge in [0.05, 0.1) is 25.3 Å². The number of nitriles is 1. The number of nitrogens with zero attached hydrogens (tertiary/aromatic N) is 2. The van der Waals surface area contributed by atoms with Crippen molar-refractivity contribution in [2.75, 3.05) is 7.11 Å². The molecule has 0 unspecified atom stereocenters. The van der Waals surface area contributed by atoms with Crippen LogP contribution in [0.1, 0.15) is 34.3 Å². The molecular weight excluding hydrogens is 284 g/mol. The molecule has 0 bridgehead atoms. The second-order valence-corrected chi connectivity index (χ2v) is 6.16. The van der Waals surface area contributed by atoms with Gasteiger partial charge in [0.25, 0.3) is 0 Å². The largest absolute Gasteiger partial charge is 0.497 e. The van der Waals surface area contributed by atoms with Crippen molar-refractivity contribution in [3.63, 3.8) is 0 Å². The smallest absolute Gasteiger partial charge is 0.140 e. The molecule has 3 rings (SSSR count). The zero-order chi connectivity index (χ0) is 14.7. The minimum absolute atomic E-state index is 0.434. The lowest BCUT2D eigenvalue weighted by atomic mass is 10.2. The zero-order valence-electron chi connectivity index (χ0n) is 11.8. The number of hydrogen-bond donors (Lipinski definition) is 0. The Labute approximate surface area is 128 Å². The van der Waals surface area contributed by atoms with E-state index in [9.17, 15) is 0 Å². The average Bonchev–Trinajstić information content (AvgIpc) is 3.28. The molecular formula is C16H16N2O2S. The van der Waals surface area contributed by atoms with Crippen LogP contribution < -0.4 is 9.47 Å². The van der Waals surface area contributed by atoms with E-state index in [0.717, 1.165) is 27.1 Å². The van der Waals surface area contributed by atoms with Gasteiger partial charge >= 0.3 is 0 Å². The zero-order valence-corrected chi connectivity index (χ0v) is 12.7. The summed E-state index contributed by atoms with van der Waals surface area (Å²) in [6.07, 6.45) is 2.83. The van der Waals surface area contributed by atoms with Crippen LogP contribution in [0, 0.1) is 11.3 Å². The van der Waals surface area contributed by atoms with Crippen LogP contribution in [-0.2, 0) is 13.0 Å². The van der Waals surface area contributed by atoms with Crippen molar-refractivity contribution >= 4 is 11.3 Å². The molecule has 4 nitrogen and oxygen atoms in total. The summed E-state index contributed by atoms with van der Waals surface area (Å²) in [5.74, 6) is 2.10. The van der Waals surface area contributed by atoms with E-state index < -0.39 is 0 Å². The van der Waals surface area contributed by atoms with E-state index >= 15 is 0 Å². The Kier molecular flexibility index (Phi) is 4.07. The fraction of sp³-hybridized carbons (Fsp3) is 0.375. The van der Waals surface area contributed by atoms with Crippen molar-refractivity contribution in [2.45, 2.75) is 31.8 Å². The molecule has 1 aliphatic carbocycles. The number of benzene rings is 1. The van der Waals surface area contributed by atoms with E-state index in [1.54, 1.807) is 18.4 Å². The highest BCUT2D eigenvalue weighted by Crippen LogP contribution is 2.42. The lowest BCUT2D eigenvalue weighted by Gasteiger charge is -2.05. The summed E-state index contributed by atoms with van der Waals surface area (Å²) in [4.78, 5) is 5.76. The van der Waals surface area contributed by atoms with Gasteiger partial charge in [0, 0.05) is 16.9 Å². The molecule has 0 amide bonds. The van der Waals surface area contributed by atoms with Crippen molar-refractivity contribution in [1.29, 1.82) is 5.26 Å². The van der Waals surface area contributed by atoms with Gasteiger partial charge in [-0.3, -0.25) is 0 Å². The molecule has 1 aliphatic rings. The van der Waals surface area contributed by atoms with Crippen LogP contribution in [0.4, 0.5) is 0 Å². The molecule has 5 heteroatoms. The molecule has 1 aromatic heterocycles. The first-order valence-corrected chi connectivity index (χ1v) is 7.74. The molecule has 0 radical (unpaired) electrons. The van der Waals surface area contributed by atoms with Crippen LogP contribution in [0.5, 0.6) is 11.5 Å². The van der Waals surface area contributed by atoms with Crippen molar-refractivity contribution in [1.82, 2.24) is 4.98 Å². The lowest BCUT2D eigenvalue weighted by molar-refractivity contribution is 0.303. The predicted octanol–water partition coefficient (Wildman–Crippen LogP) is 3.67. The van der Waals surface area contributed by atoms with Gasteiger partial charge in [-0.2, -0.15) is 5.26 Å². The molecule has 0 N–H and O–H groups in total. The molecule has 0 spiro atoms. The van der Waals surface area contributed by atoms with Crippen molar-refractivity contribution in [2.24, 2.45) is 0 Å². The highest BCUT2D eigenvalue weighted by molar-refractivity contribution is 7.11. The van der Waals surface area contributed by atoms with Crippen molar-refractivity contribution < 1.29 is 9.47 Å². The molecule has 1 heterocycles. The van der Waals surface area contributed by atoms with Crippen LogP contribution in [0.3, 0.4) is 0 Å². The fourth-order valence-corrected chi connectivity index (χ4v) is 3.19. The summed E-state index contributed by atoms with van der Waals surface area (Å²) < 4.78 is 10.9. The lowest BCUT2D eigenvalue weighted by Crippen LogP contribution is -1.95. The maximum absolute atomic E-state index is 8.90. The Bertz CT molecular complexity index is 671. The average molecular weight is 300 g/mol. The van der Waals surface area contributed by atoms with Crippen molar-refractivity contribution in [3.8, 4) is 17.6 Å². The Balaban J connectivity index is 1.70. The van der Waals surface area contributed by atoms with E-state index in [0.29, 0.717) is 18.9 Å². The Morgan fingerprint density at radius 3 is 2.90 bits per heavy atom. The summed E-state index contributed by atoms with van der Waals surface area (Å²) in [6.45, 7) is 0.434. The van der Waals surface area contributed by atoms with Gasteiger partial charge in [-0.25, -0.2) is 4.98 Å². The number of methoxy groups -OCH3 is 1. The third-order valence-electron chi connectivity index (χ3n) is 3.38. The van der Waals surface area contributed by atoms with Gasteiger partial charge in [-0.1, -0.05) is 6.07 Å². The molecule has 1 aromatic carbocycles. The Morgan fingerprint density at radius 2 is 2.19 bits per heavy atom. The molecule has 1 fully saturated rings. The summed E-state index contributed by atoms with van der Waals surface area (Å²) in [6, 6.07) is 9.75. The van der Waals surface area contributed by atoms with E-state index in [4.69, 9.17) is 14.7 Å². The number of hydrogen-bond acceptors (Lipinski definition) is 5. The van der Waals surface area contributed by atoms with Gasteiger partial charge < -0.3 is 9.47 Å². The third-order valence-corrected chi connectivity index (χ3v) is 4.42. The minimum Gasteiger partial charge on any atom is -0.497 e. The molecule has 108 valence electrons. The first-order chi connectivity index (χ1) is 10.3. The van der Waals surface area contributed by atoms with Crippen LogP contribution in [0.25, 0.3) is 0 Å². The maximum Gasteiger partial charge on any atom is 0.140 e. The van der Waals surface area contributed by atoms with Gasteiger partial charge in [-0.15, -0.1) is 11.3 Å². The summed E-state index contributed by atoms with van der Waals surface area (Å²) in [5.41, 5.74) is 1.12. The first kappa shape index (κ1) is 13.9. The predicted molar refractivity (Wildman–Crippen MR) is 80.7 cm³/mol. The van der Waals surface area contributed by atoms with Crippen LogP contribution in [0.2, 0.25) is 0 Å². The van der Waals surface area contributed by atoms with E-state index in [1.807, 2.05) is 24.3 Å².